The van der Waals surface area contributed by atoms with Crippen molar-refractivity contribution in [3.63, 3.8) is 0 Å². The van der Waals surface area contributed by atoms with E-state index in [9.17, 15) is 0 Å². The molecule has 122 valence electrons. The molecule has 1 aromatic carbocycles. The molecule has 1 fully saturated rings. The summed E-state index contributed by atoms with van der Waals surface area (Å²) in [7, 11) is 0. The molecule has 0 saturated carbocycles. The standard InChI is InChI=1S/C18H25N5/c1-13-5-3-4-6-16(13)12-23-8-7-15(11-23)10-20-17-14(2)9-21-18(19)22-17/h3-6,9,15H,7-8,10-12H2,1-2H3,(H3,19,20,21,22)/t15-/m0/s1. The van der Waals surface area contributed by atoms with Crippen LogP contribution in [0.3, 0.4) is 0 Å². The van der Waals surface area contributed by atoms with Gasteiger partial charge in [-0.05, 0) is 43.9 Å². The molecule has 3 N–H and O–H groups in total. The Kier molecular flexibility index (Phi) is 4.76. The Morgan fingerprint density at radius 3 is 2.91 bits per heavy atom. The number of rotatable bonds is 5. The summed E-state index contributed by atoms with van der Waals surface area (Å²) < 4.78 is 0. The Morgan fingerprint density at radius 2 is 2.09 bits per heavy atom. The van der Waals surface area contributed by atoms with Crippen LogP contribution >= 0.6 is 0 Å². The maximum atomic E-state index is 5.66. The van der Waals surface area contributed by atoms with Crippen LogP contribution in [-0.2, 0) is 6.54 Å². The van der Waals surface area contributed by atoms with Crippen LogP contribution in [-0.4, -0.2) is 34.5 Å². The molecule has 5 nitrogen and oxygen atoms in total. The quantitative estimate of drug-likeness (QED) is 0.888. The first-order chi connectivity index (χ1) is 11.1. The lowest BCUT2D eigenvalue weighted by Gasteiger charge is -2.18. The molecule has 1 atom stereocenters. The van der Waals surface area contributed by atoms with Crippen molar-refractivity contribution in [2.75, 3.05) is 30.7 Å². The van der Waals surface area contributed by atoms with E-state index in [1.165, 1.54) is 17.5 Å². The summed E-state index contributed by atoms with van der Waals surface area (Å²) in [5.41, 5.74) is 9.51. The number of hydrogen-bond donors (Lipinski definition) is 2. The molecular weight excluding hydrogens is 286 g/mol. The van der Waals surface area contributed by atoms with Crippen molar-refractivity contribution in [3.8, 4) is 0 Å². The van der Waals surface area contributed by atoms with Gasteiger partial charge in [-0.1, -0.05) is 24.3 Å². The summed E-state index contributed by atoms with van der Waals surface area (Å²) in [4.78, 5) is 10.8. The van der Waals surface area contributed by atoms with Crippen molar-refractivity contribution in [2.24, 2.45) is 5.92 Å². The minimum absolute atomic E-state index is 0.325. The first-order valence-corrected chi connectivity index (χ1v) is 8.21. The average Bonchev–Trinajstić information content (AvgIpc) is 2.98. The number of hydrogen-bond acceptors (Lipinski definition) is 5. The molecule has 2 heterocycles. The Labute approximate surface area is 137 Å². The van der Waals surface area contributed by atoms with Crippen LogP contribution in [0.25, 0.3) is 0 Å². The summed E-state index contributed by atoms with van der Waals surface area (Å²) in [5, 5.41) is 3.43. The summed E-state index contributed by atoms with van der Waals surface area (Å²) in [6, 6.07) is 8.64. The lowest BCUT2D eigenvalue weighted by molar-refractivity contribution is 0.318. The van der Waals surface area contributed by atoms with E-state index in [4.69, 9.17) is 5.73 Å². The number of nitrogens with one attached hydrogen (secondary N) is 1. The van der Waals surface area contributed by atoms with Crippen molar-refractivity contribution in [3.05, 3.63) is 47.2 Å². The minimum Gasteiger partial charge on any atom is -0.369 e. The molecule has 1 saturated heterocycles. The summed E-state index contributed by atoms with van der Waals surface area (Å²) in [6.07, 6.45) is 2.99. The Morgan fingerprint density at radius 1 is 1.26 bits per heavy atom. The monoisotopic (exact) mass is 311 g/mol. The molecular formula is C18H25N5. The topological polar surface area (TPSA) is 67.1 Å². The van der Waals surface area contributed by atoms with Crippen LogP contribution in [0.4, 0.5) is 11.8 Å². The molecule has 0 amide bonds. The third-order valence-electron chi connectivity index (χ3n) is 4.57. The second-order valence-corrected chi connectivity index (χ2v) is 6.46. The molecule has 0 radical (unpaired) electrons. The normalized spacial score (nSPS) is 18.3. The van der Waals surface area contributed by atoms with Crippen LogP contribution < -0.4 is 11.1 Å². The van der Waals surface area contributed by atoms with Crippen molar-refractivity contribution in [2.45, 2.75) is 26.8 Å². The minimum atomic E-state index is 0.325. The first-order valence-electron chi connectivity index (χ1n) is 8.21. The molecule has 1 aliphatic rings. The van der Waals surface area contributed by atoms with Crippen LogP contribution in [0.1, 0.15) is 23.1 Å². The van der Waals surface area contributed by atoms with Crippen LogP contribution in [0.2, 0.25) is 0 Å². The number of aryl methyl sites for hydroxylation is 2. The maximum absolute atomic E-state index is 5.66. The highest BCUT2D eigenvalue weighted by molar-refractivity contribution is 5.45. The van der Waals surface area contributed by atoms with E-state index in [1.807, 2.05) is 6.92 Å². The lowest BCUT2D eigenvalue weighted by Crippen LogP contribution is -2.23. The van der Waals surface area contributed by atoms with Gasteiger partial charge in [0.05, 0.1) is 0 Å². The van der Waals surface area contributed by atoms with Gasteiger partial charge in [-0.3, -0.25) is 4.90 Å². The highest BCUT2D eigenvalue weighted by Crippen LogP contribution is 2.21. The Balaban J connectivity index is 1.52. The largest absolute Gasteiger partial charge is 0.369 e. The van der Waals surface area contributed by atoms with Gasteiger partial charge in [0, 0.05) is 31.4 Å². The zero-order valence-electron chi connectivity index (χ0n) is 13.9. The zero-order chi connectivity index (χ0) is 16.2. The summed E-state index contributed by atoms with van der Waals surface area (Å²) in [6.45, 7) is 8.45. The van der Waals surface area contributed by atoms with E-state index in [-0.39, 0.29) is 0 Å². The van der Waals surface area contributed by atoms with Crippen molar-refractivity contribution in [1.29, 1.82) is 0 Å². The van der Waals surface area contributed by atoms with E-state index < -0.39 is 0 Å². The second-order valence-electron chi connectivity index (χ2n) is 6.46. The highest BCUT2D eigenvalue weighted by atomic mass is 15.2. The molecule has 0 bridgehead atoms. The molecule has 2 aromatic rings. The van der Waals surface area contributed by atoms with Crippen molar-refractivity contribution < 1.29 is 0 Å². The number of nitrogens with two attached hydrogens (primary N) is 1. The lowest BCUT2D eigenvalue weighted by atomic mass is 10.1. The summed E-state index contributed by atoms with van der Waals surface area (Å²) >= 11 is 0. The van der Waals surface area contributed by atoms with Gasteiger partial charge in [-0.2, -0.15) is 4.98 Å². The van der Waals surface area contributed by atoms with E-state index in [1.54, 1.807) is 6.20 Å². The fourth-order valence-corrected chi connectivity index (χ4v) is 3.13. The maximum Gasteiger partial charge on any atom is 0.221 e. The van der Waals surface area contributed by atoms with E-state index in [0.29, 0.717) is 11.9 Å². The number of nitrogen functional groups attached to an aromatic ring is 1. The van der Waals surface area contributed by atoms with Gasteiger partial charge in [-0.25, -0.2) is 4.98 Å². The van der Waals surface area contributed by atoms with Gasteiger partial charge in [0.25, 0.3) is 0 Å². The third kappa shape index (κ3) is 3.99. The molecule has 0 aliphatic carbocycles. The molecule has 23 heavy (non-hydrogen) atoms. The van der Waals surface area contributed by atoms with E-state index in [2.05, 4.69) is 51.4 Å². The first kappa shape index (κ1) is 15.7. The molecule has 1 aliphatic heterocycles. The summed E-state index contributed by atoms with van der Waals surface area (Å²) in [5.74, 6) is 1.83. The van der Waals surface area contributed by atoms with Crippen LogP contribution in [0.15, 0.2) is 30.5 Å². The third-order valence-corrected chi connectivity index (χ3v) is 4.57. The van der Waals surface area contributed by atoms with Gasteiger partial charge in [0.1, 0.15) is 5.82 Å². The van der Waals surface area contributed by atoms with Crippen molar-refractivity contribution in [1.82, 2.24) is 14.9 Å². The molecule has 5 heteroatoms. The van der Waals surface area contributed by atoms with E-state index >= 15 is 0 Å². The van der Waals surface area contributed by atoms with Gasteiger partial charge >= 0.3 is 0 Å². The van der Waals surface area contributed by atoms with Crippen molar-refractivity contribution >= 4 is 11.8 Å². The molecule has 0 unspecified atom stereocenters. The predicted octanol–water partition coefficient (Wildman–Crippen LogP) is 2.61. The molecule has 3 rings (SSSR count). The Bertz CT molecular complexity index is 670. The van der Waals surface area contributed by atoms with Gasteiger partial charge < -0.3 is 11.1 Å². The number of likely N-dealkylation sites (tertiary alicyclic amines) is 1. The predicted molar refractivity (Wildman–Crippen MR) is 94.2 cm³/mol. The zero-order valence-corrected chi connectivity index (χ0v) is 13.9. The average molecular weight is 311 g/mol. The Hall–Kier alpha value is -2.14. The van der Waals surface area contributed by atoms with E-state index in [0.717, 1.165) is 37.6 Å². The van der Waals surface area contributed by atoms with Crippen LogP contribution in [0, 0.1) is 19.8 Å². The number of benzene rings is 1. The SMILES string of the molecule is Cc1ccccc1CN1CC[C@@H](CNc2nc(N)ncc2C)C1. The molecule has 0 spiro atoms. The fourth-order valence-electron chi connectivity index (χ4n) is 3.13. The second kappa shape index (κ2) is 6.96. The number of nitrogens with zero attached hydrogens (tertiary/aromatic N) is 3. The highest BCUT2D eigenvalue weighted by Gasteiger charge is 2.22. The fraction of sp³-hybridized carbons (Fsp3) is 0.444. The number of anilines is 2. The molecule has 1 aromatic heterocycles. The van der Waals surface area contributed by atoms with Gasteiger partial charge in [0.15, 0.2) is 0 Å². The van der Waals surface area contributed by atoms with Gasteiger partial charge in [0.2, 0.25) is 5.95 Å². The smallest absolute Gasteiger partial charge is 0.221 e. The number of aromatic nitrogens is 2. The van der Waals surface area contributed by atoms with Gasteiger partial charge in [-0.15, -0.1) is 0 Å². The van der Waals surface area contributed by atoms with Crippen LogP contribution in [0.5, 0.6) is 0 Å².